The molecule has 1 aromatic heterocycles. The lowest BCUT2D eigenvalue weighted by atomic mass is 9.97. The van der Waals surface area contributed by atoms with E-state index in [4.69, 9.17) is 11.6 Å². The van der Waals surface area contributed by atoms with Gasteiger partial charge in [-0.15, -0.1) is 12.4 Å². The van der Waals surface area contributed by atoms with Crippen LogP contribution >= 0.6 is 24.0 Å². The van der Waals surface area contributed by atoms with Gasteiger partial charge in [-0.3, -0.25) is 4.79 Å². The molecule has 1 aliphatic rings. The summed E-state index contributed by atoms with van der Waals surface area (Å²) in [7, 11) is 1.97. The second-order valence-corrected chi connectivity index (χ2v) is 6.36. The fourth-order valence-corrected chi connectivity index (χ4v) is 3.18. The zero-order chi connectivity index (χ0) is 16.2. The van der Waals surface area contributed by atoms with Crippen LogP contribution in [-0.4, -0.2) is 47.3 Å². The molecule has 0 saturated carbocycles. The monoisotopic (exact) mass is 368 g/mol. The summed E-state index contributed by atoms with van der Waals surface area (Å²) in [6.07, 6.45) is 3.88. The van der Waals surface area contributed by atoms with Gasteiger partial charge in [-0.05, 0) is 56.6 Å². The first-order chi connectivity index (χ1) is 11.2. The van der Waals surface area contributed by atoms with Gasteiger partial charge in [0, 0.05) is 24.3 Å². The molecule has 0 unspecified atom stereocenters. The van der Waals surface area contributed by atoms with Gasteiger partial charge < -0.3 is 10.2 Å². The standard InChI is InChI=1S/C17H21ClN4O.ClH/c1-19-12-13-5-8-21(9-6-13)17(23)16-7-10-22(20-16)15-4-2-3-14(18)11-15;/h2-4,7,10-11,13,19H,5-6,8-9,12H2,1H3;1H. The Morgan fingerprint density at radius 3 is 2.75 bits per heavy atom. The third-order valence-corrected chi connectivity index (χ3v) is 4.51. The molecule has 130 valence electrons. The molecule has 3 rings (SSSR count). The molecule has 2 aromatic rings. The quantitative estimate of drug-likeness (QED) is 0.902. The number of benzene rings is 1. The number of nitrogens with one attached hydrogen (secondary N) is 1. The van der Waals surface area contributed by atoms with Crippen LogP contribution in [0.15, 0.2) is 36.5 Å². The number of hydrogen-bond acceptors (Lipinski definition) is 3. The second-order valence-electron chi connectivity index (χ2n) is 5.92. The molecular formula is C17H22Cl2N4O. The first-order valence-electron chi connectivity index (χ1n) is 7.93. The predicted octanol–water partition coefficient (Wildman–Crippen LogP) is 3.02. The molecule has 7 heteroatoms. The smallest absolute Gasteiger partial charge is 0.274 e. The molecule has 1 amide bonds. The van der Waals surface area contributed by atoms with E-state index in [1.165, 1.54) is 0 Å². The number of carbonyl (C=O) groups is 1. The van der Waals surface area contributed by atoms with Crippen molar-refractivity contribution in [2.45, 2.75) is 12.8 Å². The van der Waals surface area contributed by atoms with Gasteiger partial charge in [0.15, 0.2) is 5.69 Å². The predicted molar refractivity (Wildman–Crippen MR) is 98.4 cm³/mol. The van der Waals surface area contributed by atoms with Crippen LogP contribution in [0.5, 0.6) is 0 Å². The van der Waals surface area contributed by atoms with Gasteiger partial charge in [-0.25, -0.2) is 4.68 Å². The fourth-order valence-electron chi connectivity index (χ4n) is 2.99. The average Bonchev–Trinajstić information content (AvgIpc) is 3.05. The molecule has 2 heterocycles. The Morgan fingerprint density at radius 1 is 1.33 bits per heavy atom. The van der Waals surface area contributed by atoms with Gasteiger partial charge in [0.25, 0.3) is 5.91 Å². The highest BCUT2D eigenvalue weighted by molar-refractivity contribution is 6.30. The van der Waals surface area contributed by atoms with Gasteiger partial charge in [-0.2, -0.15) is 5.10 Å². The van der Waals surface area contributed by atoms with Crippen molar-refractivity contribution in [1.82, 2.24) is 20.0 Å². The number of hydrogen-bond donors (Lipinski definition) is 1. The number of rotatable bonds is 4. The maximum Gasteiger partial charge on any atom is 0.274 e. The number of carbonyl (C=O) groups excluding carboxylic acids is 1. The van der Waals surface area contributed by atoms with Crippen molar-refractivity contribution < 1.29 is 4.79 Å². The highest BCUT2D eigenvalue weighted by atomic mass is 35.5. The van der Waals surface area contributed by atoms with E-state index in [9.17, 15) is 4.79 Å². The molecule has 1 aliphatic heterocycles. The summed E-state index contributed by atoms with van der Waals surface area (Å²) >= 11 is 6.00. The van der Waals surface area contributed by atoms with E-state index in [0.29, 0.717) is 16.6 Å². The number of halogens is 2. The minimum atomic E-state index is 0. The largest absolute Gasteiger partial charge is 0.337 e. The van der Waals surface area contributed by atoms with Crippen LogP contribution < -0.4 is 5.32 Å². The van der Waals surface area contributed by atoms with Gasteiger partial charge in [0.1, 0.15) is 0 Å². The van der Waals surface area contributed by atoms with E-state index >= 15 is 0 Å². The molecule has 1 saturated heterocycles. The van der Waals surface area contributed by atoms with Crippen LogP contribution in [0.2, 0.25) is 5.02 Å². The normalized spacial score (nSPS) is 15.2. The molecule has 0 radical (unpaired) electrons. The zero-order valence-corrected chi connectivity index (χ0v) is 15.2. The van der Waals surface area contributed by atoms with E-state index in [1.54, 1.807) is 16.9 Å². The van der Waals surface area contributed by atoms with Gasteiger partial charge in [0.2, 0.25) is 0 Å². The van der Waals surface area contributed by atoms with Crippen LogP contribution in [0.25, 0.3) is 5.69 Å². The lowest BCUT2D eigenvalue weighted by Gasteiger charge is -2.31. The van der Waals surface area contributed by atoms with Crippen LogP contribution in [-0.2, 0) is 0 Å². The number of aromatic nitrogens is 2. The van der Waals surface area contributed by atoms with Crippen molar-refractivity contribution in [3.8, 4) is 5.69 Å². The fraction of sp³-hybridized carbons (Fsp3) is 0.412. The summed E-state index contributed by atoms with van der Waals surface area (Å²) < 4.78 is 1.69. The SMILES string of the molecule is CNCC1CCN(C(=O)c2ccn(-c3cccc(Cl)c3)n2)CC1.Cl. The van der Waals surface area contributed by atoms with E-state index in [-0.39, 0.29) is 18.3 Å². The third-order valence-electron chi connectivity index (χ3n) is 4.28. The molecule has 1 N–H and O–H groups in total. The summed E-state index contributed by atoms with van der Waals surface area (Å²) in [4.78, 5) is 14.5. The summed E-state index contributed by atoms with van der Waals surface area (Å²) in [5, 5.41) is 8.27. The first-order valence-corrected chi connectivity index (χ1v) is 8.30. The molecule has 1 fully saturated rings. The Bertz CT molecular complexity index is 681. The van der Waals surface area contributed by atoms with Crippen molar-refractivity contribution in [3.63, 3.8) is 0 Å². The minimum Gasteiger partial charge on any atom is -0.337 e. The molecule has 0 atom stereocenters. The van der Waals surface area contributed by atoms with Crippen LogP contribution in [0.4, 0.5) is 0 Å². The Balaban J connectivity index is 0.00000208. The Labute approximate surface area is 153 Å². The molecule has 0 aliphatic carbocycles. The first kappa shape index (κ1) is 18.8. The second kappa shape index (κ2) is 8.51. The van der Waals surface area contributed by atoms with Crippen molar-refractivity contribution in [2.75, 3.05) is 26.7 Å². The molecule has 24 heavy (non-hydrogen) atoms. The Kier molecular flexibility index (Phi) is 6.66. The topological polar surface area (TPSA) is 50.2 Å². The molecule has 0 spiro atoms. The van der Waals surface area contributed by atoms with Gasteiger partial charge in [0.05, 0.1) is 5.69 Å². The maximum absolute atomic E-state index is 12.6. The van der Waals surface area contributed by atoms with E-state index in [2.05, 4.69) is 10.4 Å². The number of likely N-dealkylation sites (tertiary alicyclic amines) is 1. The summed E-state index contributed by atoms with van der Waals surface area (Å²) in [5.41, 5.74) is 1.33. The van der Waals surface area contributed by atoms with Crippen LogP contribution in [0.1, 0.15) is 23.3 Å². The van der Waals surface area contributed by atoms with Crippen LogP contribution in [0.3, 0.4) is 0 Å². The van der Waals surface area contributed by atoms with Gasteiger partial charge >= 0.3 is 0 Å². The van der Waals surface area contributed by atoms with E-state index < -0.39 is 0 Å². The summed E-state index contributed by atoms with van der Waals surface area (Å²) in [6.45, 7) is 2.62. The number of amides is 1. The highest BCUT2D eigenvalue weighted by Crippen LogP contribution is 2.19. The lowest BCUT2D eigenvalue weighted by molar-refractivity contribution is 0.0684. The molecule has 0 bridgehead atoms. The van der Waals surface area contributed by atoms with Gasteiger partial charge in [-0.1, -0.05) is 17.7 Å². The molecular weight excluding hydrogens is 347 g/mol. The maximum atomic E-state index is 12.6. The Hall–Kier alpha value is -1.56. The molecule has 5 nitrogen and oxygen atoms in total. The van der Waals surface area contributed by atoms with Crippen LogP contribution in [0, 0.1) is 5.92 Å². The number of piperidine rings is 1. The zero-order valence-electron chi connectivity index (χ0n) is 13.6. The van der Waals surface area contributed by atoms with Crippen molar-refractivity contribution >= 4 is 29.9 Å². The average molecular weight is 369 g/mol. The van der Waals surface area contributed by atoms with E-state index in [0.717, 1.165) is 38.2 Å². The summed E-state index contributed by atoms with van der Waals surface area (Å²) in [6, 6.07) is 9.19. The van der Waals surface area contributed by atoms with Crippen molar-refractivity contribution in [3.05, 3.63) is 47.2 Å². The highest BCUT2D eigenvalue weighted by Gasteiger charge is 2.24. The minimum absolute atomic E-state index is 0. The summed E-state index contributed by atoms with van der Waals surface area (Å²) in [5.74, 6) is 0.668. The molecule has 1 aromatic carbocycles. The Morgan fingerprint density at radius 2 is 2.08 bits per heavy atom. The third kappa shape index (κ3) is 4.29. The van der Waals surface area contributed by atoms with Crippen molar-refractivity contribution in [2.24, 2.45) is 5.92 Å². The van der Waals surface area contributed by atoms with Crippen molar-refractivity contribution in [1.29, 1.82) is 0 Å². The number of nitrogens with zero attached hydrogens (tertiary/aromatic N) is 3. The lowest BCUT2D eigenvalue weighted by Crippen LogP contribution is -2.40. The van der Waals surface area contributed by atoms with E-state index in [1.807, 2.05) is 36.2 Å².